The topological polar surface area (TPSA) is 46.5 Å². The Bertz CT molecular complexity index is 646. The van der Waals surface area contributed by atoms with Crippen molar-refractivity contribution in [1.82, 2.24) is 0 Å². The molecule has 2 aromatic rings. The van der Waals surface area contributed by atoms with Gasteiger partial charge in [0.25, 0.3) is 0 Å². The quantitative estimate of drug-likeness (QED) is 0.437. The number of halogens is 3. The summed E-state index contributed by atoms with van der Waals surface area (Å²) in [5.74, 6) is -1.57. The normalized spacial score (nSPS) is 9.20. The third kappa shape index (κ3) is 9.30. The second-order valence-electron chi connectivity index (χ2n) is 5.01. The van der Waals surface area contributed by atoms with Gasteiger partial charge in [0.05, 0.1) is 18.3 Å². The molecule has 1 N–H and O–H groups in total. The van der Waals surface area contributed by atoms with E-state index in [0.29, 0.717) is 5.56 Å². The first kappa shape index (κ1) is 28.8. The van der Waals surface area contributed by atoms with Crippen LogP contribution in [0, 0.1) is 19.1 Å². The third-order valence-electron chi connectivity index (χ3n) is 2.81. The Morgan fingerprint density at radius 1 is 1.00 bits per heavy atom. The van der Waals surface area contributed by atoms with Crippen molar-refractivity contribution in [3.63, 3.8) is 0 Å². The first-order valence-corrected chi connectivity index (χ1v) is 6.57. The summed E-state index contributed by atoms with van der Waals surface area (Å²) in [6.45, 7) is 3.12. The molecule has 0 amide bonds. The summed E-state index contributed by atoms with van der Waals surface area (Å²) in [5, 5.41) is 9.43. The molecule has 0 saturated heterocycles. The molecule has 25 heavy (non-hydrogen) atoms. The Hall–Kier alpha value is -1.02. The molecule has 2 rings (SSSR count). The molecule has 0 bridgehead atoms. The van der Waals surface area contributed by atoms with E-state index in [0.717, 1.165) is 0 Å². The monoisotopic (exact) mass is 426 g/mol. The van der Waals surface area contributed by atoms with E-state index >= 15 is 0 Å². The van der Waals surface area contributed by atoms with Gasteiger partial charge in [0.15, 0.2) is 0 Å². The van der Waals surface area contributed by atoms with Gasteiger partial charge in [0, 0.05) is 5.56 Å². The number of esters is 1. The molecule has 0 unspecified atom stereocenters. The summed E-state index contributed by atoms with van der Waals surface area (Å²) in [7, 11) is 1.22. The van der Waals surface area contributed by atoms with Crippen molar-refractivity contribution in [2.24, 2.45) is 0 Å². The molecule has 134 valence electrons. The summed E-state index contributed by atoms with van der Waals surface area (Å²) in [6, 6.07) is 11.9. The molecule has 0 spiro atoms. The summed E-state index contributed by atoms with van der Waals surface area (Å²) in [6.07, 6.45) is 0. The number of hydrogen-bond acceptors (Lipinski definition) is 3. The summed E-state index contributed by atoms with van der Waals surface area (Å²) >= 11 is 0. The molecule has 0 aromatic heterocycles. The van der Waals surface area contributed by atoms with Crippen molar-refractivity contribution in [2.75, 3.05) is 7.11 Å². The molecule has 2 aromatic carbocycles. The molecule has 7 heteroatoms. The van der Waals surface area contributed by atoms with Crippen LogP contribution in [0.15, 0.2) is 48.5 Å². The Kier molecular flexibility index (Phi) is 15.2. The molecule has 0 aliphatic heterocycles. The van der Waals surface area contributed by atoms with Crippen LogP contribution < -0.4 is 17.0 Å². The van der Waals surface area contributed by atoms with Crippen molar-refractivity contribution >= 4 is 29.0 Å². The Balaban J connectivity index is -0.000000346. The van der Waals surface area contributed by atoms with Crippen molar-refractivity contribution in [2.45, 2.75) is 19.4 Å². The van der Waals surface area contributed by atoms with E-state index in [1.165, 1.54) is 31.4 Å². The van der Waals surface area contributed by atoms with E-state index in [-0.39, 0.29) is 58.8 Å². The molecule has 0 radical (unpaired) electrons. The minimum absolute atomic E-state index is 0. The van der Waals surface area contributed by atoms with E-state index < -0.39 is 17.4 Å². The van der Waals surface area contributed by atoms with Gasteiger partial charge in [0.2, 0.25) is 0 Å². The van der Waals surface area contributed by atoms with Gasteiger partial charge in [-0.1, -0.05) is 30.3 Å². The average molecular weight is 428 g/mol. The van der Waals surface area contributed by atoms with Gasteiger partial charge in [0.1, 0.15) is 11.6 Å². The number of hydrogen-bond donors (Lipinski definition) is 1. The van der Waals surface area contributed by atoms with Crippen LogP contribution in [-0.2, 0) is 10.3 Å². The van der Waals surface area contributed by atoms with Crippen molar-refractivity contribution < 1.29 is 40.4 Å². The van der Waals surface area contributed by atoms with Crippen LogP contribution in [-0.4, -0.2) is 41.2 Å². The van der Waals surface area contributed by atoms with Crippen LogP contribution in [0.5, 0.6) is 0 Å². The predicted octanol–water partition coefficient (Wildman–Crippen LogP) is 0.739. The largest absolute Gasteiger partial charge is 2.00 e. The summed E-state index contributed by atoms with van der Waals surface area (Å²) < 4.78 is 30.0. The second-order valence-corrected chi connectivity index (χ2v) is 5.01. The number of methoxy groups -OCH3 is 1. The maximum atomic E-state index is 12.9. The van der Waals surface area contributed by atoms with E-state index in [1.54, 1.807) is 38.1 Å². The van der Waals surface area contributed by atoms with Crippen LogP contribution in [0.3, 0.4) is 0 Å². The molecule has 0 fully saturated rings. The van der Waals surface area contributed by atoms with E-state index in [4.69, 9.17) is 0 Å². The van der Waals surface area contributed by atoms with Crippen molar-refractivity contribution in [3.05, 3.63) is 78.7 Å². The van der Waals surface area contributed by atoms with E-state index in [1.807, 2.05) is 0 Å². The maximum Gasteiger partial charge on any atom is 2.00 e. The van der Waals surface area contributed by atoms with Crippen LogP contribution in [0.1, 0.15) is 29.8 Å². The molecule has 0 atom stereocenters. The van der Waals surface area contributed by atoms with Gasteiger partial charge in [-0.15, -0.1) is 0 Å². The number of rotatable bonds is 2. The van der Waals surface area contributed by atoms with Crippen molar-refractivity contribution in [3.8, 4) is 0 Å². The maximum absolute atomic E-state index is 12.9. The van der Waals surface area contributed by atoms with Gasteiger partial charge >= 0.3 is 29.0 Å². The van der Waals surface area contributed by atoms with Crippen LogP contribution >= 0.6 is 0 Å². The Labute approximate surface area is 174 Å². The SMILES string of the molecule is CC(C)(O)c1ccccc1F.COC(=O)c1ccccc1F.[Br-].[CH3-].[Mg+2]. The number of aliphatic hydroxyl groups is 1. The van der Waals surface area contributed by atoms with Gasteiger partial charge in [-0.25, -0.2) is 13.6 Å². The van der Waals surface area contributed by atoms with Crippen LogP contribution in [0.25, 0.3) is 0 Å². The summed E-state index contributed by atoms with van der Waals surface area (Å²) in [5.41, 5.74) is -0.791. The minimum Gasteiger partial charge on any atom is -1.00 e. The van der Waals surface area contributed by atoms with Gasteiger partial charge in [-0.2, -0.15) is 0 Å². The predicted molar refractivity (Wildman–Crippen MR) is 91.6 cm³/mol. The van der Waals surface area contributed by atoms with Crippen LogP contribution in [0.4, 0.5) is 8.78 Å². The number of carbonyl (C=O) groups excluding carboxylic acids is 1. The fraction of sp³-hybridized carbons (Fsp3) is 0.222. The molecular weight excluding hydrogens is 406 g/mol. The van der Waals surface area contributed by atoms with Crippen molar-refractivity contribution in [1.29, 1.82) is 0 Å². The zero-order chi connectivity index (χ0) is 16.8. The smallest absolute Gasteiger partial charge is 1.00 e. The average Bonchev–Trinajstić information content (AvgIpc) is 2.47. The minimum atomic E-state index is -1.09. The molecule has 0 aliphatic rings. The molecule has 0 saturated carbocycles. The van der Waals surface area contributed by atoms with Gasteiger partial charge < -0.3 is 34.3 Å². The van der Waals surface area contributed by atoms with E-state index in [9.17, 15) is 18.7 Å². The molecule has 0 aliphatic carbocycles. The first-order chi connectivity index (χ1) is 10.3. The Morgan fingerprint density at radius 3 is 1.80 bits per heavy atom. The van der Waals surface area contributed by atoms with E-state index in [2.05, 4.69) is 4.74 Å². The third-order valence-corrected chi connectivity index (χ3v) is 2.81. The zero-order valence-corrected chi connectivity index (χ0v) is 17.7. The zero-order valence-electron chi connectivity index (χ0n) is 14.7. The fourth-order valence-corrected chi connectivity index (χ4v) is 1.69. The molecule has 0 heterocycles. The standard InChI is InChI=1S/C9H11FO.C8H7FO2.CH3.BrH.Mg/c1-9(2,11)7-5-3-4-6-8(7)10;1-11-8(10)6-4-2-3-5-7(6)9;;;/h3-6,11H,1-2H3;2-5H,1H3;1H3;1H;/q;;-1;;+2/p-1. The second kappa shape index (κ2) is 13.2. The Morgan fingerprint density at radius 2 is 1.44 bits per heavy atom. The number of benzene rings is 2. The molecule has 3 nitrogen and oxygen atoms in total. The first-order valence-electron chi connectivity index (χ1n) is 6.57. The molecular formula is C18H21BrF2MgO3. The van der Waals surface area contributed by atoms with Gasteiger partial charge in [-0.3, -0.25) is 0 Å². The summed E-state index contributed by atoms with van der Waals surface area (Å²) in [4.78, 5) is 10.8. The fourth-order valence-electron chi connectivity index (χ4n) is 1.69. The van der Waals surface area contributed by atoms with Gasteiger partial charge in [-0.05, 0) is 32.0 Å². The number of ether oxygens (including phenoxy) is 1. The number of carbonyl (C=O) groups is 1. The van der Waals surface area contributed by atoms with Crippen LogP contribution in [0.2, 0.25) is 0 Å².